The summed E-state index contributed by atoms with van der Waals surface area (Å²) in [7, 11) is 1.35. The summed E-state index contributed by atoms with van der Waals surface area (Å²) in [5.41, 5.74) is 0.562. The van der Waals surface area contributed by atoms with Crippen molar-refractivity contribution in [3.05, 3.63) is 28.3 Å². The van der Waals surface area contributed by atoms with Crippen molar-refractivity contribution in [3.63, 3.8) is 0 Å². The lowest BCUT2D eigenvalue weighted by molar-refractivity contribution is -0.384. The molecule has 7 nitrogen and oxygen atoms in total. The van der Waals surface area contributed by atoms with E-state index in [4.69, 9.17) is 9.47 Å². The predicted molar refractivity (Wildman–Crippen MR) is 76.6 cm³/mol. The fraction of sp³-hybridized carbons (Fsp3) is 0.500. The van der Waals surface area contributed by atoms with Crippen molar-refractivity contribution in [2.24, 2.45) is 0 Å². The van der Waals surface area contributed by atoms with E-state index in [1.807, 2.05) is 11.8 Å². The van der Waals surface area contributed by atoms with Crippen molar-refractivity contribution < 1.29 is 19.2 Å². The van der Waals surface area contributed by atoms with Crippen molar-refractivity contribution in [1.29, 1.82) is 0 Å². The first-order valence-corrected chi connectivity index (χ1v) is 6.83. The molecule has 0 bridgehead atoms. The van der Waals surface area contributed by atoms with Crippen LogP contribution in [0.25, 0.3) is 0 Å². The number of nitro groups is 1. The summed E-state index contributed by atoms with van der Waals surface area (Å²) in [6.45, 7) is 2.89. The summed E-state index contributed by atoms with van der Waals surface area (Å²) in [6.07, 6.45) is 1.52. The number of rotatable bonds is 5. The molecule has 1 saturated heterocycles. The van der Waals surface area contributed by atoms with E-state index < -0.39 is 11.0 Å². The van der Waals surface area contributed by atoms with Gasteiger partial charge in [-0.3, -0.25) is 10.1 Å². The van der Waals surface area contributed by atoms with Crippen LogP contribution in [0.3, 0.4) is 0 Å². The highest BCUT2D eigenvalue weighted by Crippen LogP contribution is 2.33. The molecule has 0 radical (unpaired) electrons. The van der Waals surface area contributed by atoms with E-state index in [0.717, 1.165) is 6.42 Å². The molecule has 2 rings (SSSR count). The van der Waals surface area contributed by atoms with Gasteiger partial charge in [-0.2, -0.15) is 0 Å². The van der Waals surface area contributed by atoms with Crippen LogP contribution in [0.2, 0.25) is 0 Å². The van der Waals surface area contributed by atoms with Gasteiger partial charge in [0, 0.05) is 24.4 Å². The lowest BCUT2D eigenvalue weighted by Crippen LogP contribution is -2.36. The van der Waals surface area contributed by atoms with Gasteiger partial charge in [-0.05, 0) is 19.8 Å². The molecule has 0 aliphatic carbocycles. The number of anilines is 1. The number of carbonyl (C=O) groups excluding carboxylic acids is 1. The number of hydrogen-bond donors (Lipinski definition) is 0. The van der Waals surface area contributed by atoms with Crippen molar-refractivity contribution in [2.45, 2.75) is 25.8 Å². The van der Waals surface area contributed by atoms with Gasteiger partial charge in [0.1, 0.15) is 11.8 Å². The van der Waals surface area contributed by atoms with Crippen LogP contribution in [0, 0.1) is 10.1 Å². The van der Waals surface area contributed by atoms with E-state index in [2.05, 4.69) is 0 Å². The third-order valence-electron chi connectivity index (χ3n) is 3.46. The number of nitro benzene ring substituents is 1. The molecule has 114 valence electrons. The number of hydrogen-bond acceptors (Lipinski definition) is 6. The first kappa shape index (κ1) is 15.1. The number of methoxy groups -OCH3 is 1. The predicted octanol–water partition coefficient (Wildman–Crippen LogP) is 2.14. The zero-order valence-corrected chi connectivity index (χ0v) is 12.1. The van der Waals surface area contributed by atoms with Gasteiger partial charge in [0.2, 0.25) is 0 Å². The van der Waals surface area contributed by atoms with Gasteiger partial charge in [-0.15, -0.1) is 0 Å². The lowest BCUT2D eigenvalue weighted by Gasteiger charge is -2.25. The summed E-state index contributed by atoms with van der Waals surface area (Å²) in [6, 6.07) is 4.17. The Hall–Kier alpha value is -2.31. The van der Waals surface area contributed by atoms with E-state index in [-0.39, 0.29) is 11.7 Å². The Morgan fingerprint density at radius 3 is 2.86 bits per heavy atom. The summed E-state index contributed by atoms with van der Waals surface area (Å²) in [5.74, 6) is 0.106. The molecule has 1 aromatic carbocycles. The molecule has 1 aliphatic heterocycles. The Morgan fingerprint density at radius 1 is 1.48 bits per heavy atom. The molecule has 0 aromatic heterocycles. The highest BCUT2D eigenvalue weighted by molar-refractivity contribution is 5.81. The second-order valence-electron chi connectivity index (χ2n) is 4.75. The third-order valence-corrected chi connectivity index (χ3v) is 3.46. The Morgan fingerprint density at radius 2 is 2.24 bits per heavy atom. The molecular weight excluding hydrogens is 276 g/mol. The molecule has 1 aromatic rings. The fourth-order valence-corrected chi connectivity index (χ4v) is 2.55. The van der Waals surface area contributed by atoms with Gasteiger partial charge in [0.25, 0.3) is 5.69 Å². The third kappa shape index (κ3) is 3.24. The van der Waals surface area contributed by atoms with Gasteiger partial charge in [-0.25, -0.2) is 4.79 Å². The van der Waals surface area contributed by atoms with Crippen molar-refractivity contribution in [2.75, 3.05) is 25.2 Å². The van der Waals surface area contributed by atoms with Gasteiger partial charge >= 0.3 is 5.97 Å². The smallest absolute Gasteiger partial charge is 0.328 e. The van der Waals surface area contributed by atoms with E-state index in [0.29, 0.717) is 31.0 Å². The number of ether oxygens (including phenoxy) is 2. The van der Waals surface area contributed by atoms with E-state index in [1.54, 1.807) is 6.07 Å². The van der Waals surface area contributed by atoms with E-state index >= 15 is 0 Å². The maximum absolute atomic E-state index is 11.8. The molecule has 0 amide bonds. The summed E-state index contributed by atoms with van der Waals surface area (Å²) in [5, 5.41) is 11.0. The molecular formula is C14H18N2O5. The van der Waals surface area contributed by atoms with Crippen LogP contribution < -0.4 is 9.64 Å². The highest BCUT2D eigenvalue weighted by atomic mass is 16.6. The molecule has 1 heterocycles. The van der Waals surface area contributed by atoms with Gasteiger partial charge in [0.05, 0.1) is 24.7 Å². The molecule has 7 heteroatoms. The van der Waals surface area contributed by atoms with Crippen LogP contribution in [0.15, 0.2) is 18.2 Å². The minimum atomic E-state index is -0.463. The minimum Gasteiger partial charge on any atom is -0.494 e. The topological polar surface area (TPSA) is 81.9 Å². The molecule has 21 heavy (non-hydrogen) atoms. The van der Waals surface area contributed by atoms with Crippen molar-refractivity contribution in [1.82, 2.24) is 0 Å². The molecule has 1 aliphatic rings. The van der Waals surface area contributed by atoms with E-state index in [9.17, 15) is 14.9 Å². The van der Waals surface area contributed by atoms with Gasteiger partial charge in [-0.1, -0.05) is 0 Å². The Kier molecular flexibility index (Phi) is 4.62. The Labute approximate surface area is 122 Å². The minimum absolute atomic E-state index is 0.0496. The number of carbonyl (C=O) groups is 1. The second kappa shape index (κ2) is 6.43. The zero-order valence-electron chi connectivity index (χ0n) is 12.1. The van der Waals surface area contributed by atoms with Gasteiger partial charge < -0.3 is 14.4 Å². The average Bonchev–Trinajstić information content (AvgIpc) is 2.95. The Bertz CT molecular complexity index is 546. The summed E-state index contributed by atoms with van der Waals surface area (Å²) >= 11 is 0. The second-order valence-corrected chi connectivity index (χ2v) is 4.75. The standard InChI is InChI=1S/C14H18N2O5/c1-3-21-12-8-10(7-11(9-12)16(18)19)15-6-4-5-13(15)14(17)20-2/h7-9,13H,3-6H2,1-2H3. The van der Waals surface area contributed by atoms with Crippen molar-refractivity contribution in [3.8, 4) is 5.75 Å². The molecule has 1 atom stereocenters. The fourth-order valence-electron chi connectivity index (χ4n) is 2.55. The zero-order chi connectivity index (χ0) is 15.4. The first-order chi connectivity index (χ1) is 10.1. The molecule has 1 unspecified atom stereocenters. The molecule has 1 fully saturated rings. The first-order valence-electron chi connectivity index (χ1n) is 6.83. The van der Waals surface area contributed by atoms with Crippen LogP contribution in [0.4, 0.5) is 11.4 Å². The average molecular weight is 294 g/mol. The quantitative estimate of drug-likeness (QED) is 0.470. The van der Waals surface area contributed by atoms with Crippen LogP contribution in [-0.4, -0.2) is 37.2 Å². The van der Waals surface area contributed by atoms with E-state index in [1.165, 1.54) is 19.2 Å². The van der Waals surface area contributed by atoms with Crippen LogP contribution >= 0.6 is 0 Å². The van der Waals surface area contributed by atoms with Crippen molar-refractivity contribution >= 4 is 17.3 Å². The molecule has 0 saturated carbocycles. The molecule has 0 N–H and O–H groups in total. The SMILES string of the molecule is CCOc1cc(N2CCCC2C(=O)OC)cc([N+](=O)[O-])c1. The lowest BCUT2D eigenvalue weighted by atomic mass is 10.2. The number of nitrogens with zero attached hydrogens (tertiary/aromatic N) is 2. The maximum atomic E-state index is 11.8. The number of non-ortho nitro benzene ring substituents is 1. The van der Waals surface area contributed by atoms with Crippen LogP contribution in [0.1, 0.15) is 19.8 Å². The summed E-state index contributed by atoms with van der Waals surface area (Å²) in [4.78, 5) is 24.2. The number of esters is 1. The monoisotopic (exact) mass is 294 g/mol. The Balaban J connectivity index is 2.37. The number of benzene rings is 1. The van der Waals surface area contributed by atoms with Crippen LogP contribution in [-0.2, 0) is 9.53 Å². The largest absolute Gasteiger partial charge is 0.494 e. The van der Waals surface area contributed by atoms with Crippen LogP contribution in [0.5, 0.6) is 5.75 Å². The highest BCUT2D eigenvalue weighted by Gasteiger charge is 2.32. The van der Waals surface area contributed by atoms with Gasteiger partial charge in [0.15, 0.2) is 0 Å². The summed E-state index contributed by atoms with van der Waals surface area (Å²) < 4.78 is 10.2. The maximum Gasteiger partial charge on any atom is 0.328 e. The normalized spacial score (nSPS) is 17.6. The molecule has 0 spiro atoms.